The van der Waals surface area contributed by atoms with E-state index in [0.717, 1.165) is 16.0 Å². The molecule has 1 unspecified atom stereocenters. The van der Waals surface area contributed by atoms with E-state index in [4.69, 9.17) is 10.2 Å². The van der Waals surface area contributed by atoms with E-state index in [1.807, 2.05) is 42.6 Å². The van der Waals surface area contributed by atoms with Gasteiger partial charge in [-0.15, -0.1) is 11.3 Å². The van der Waals surface area contributed by atoms with Gasteiger partial charge in [-0.05, 0) is 36.1 Å². The molecular formula is C13H12N2OS. The van der Waals surface area contributed by atoms with Gasteiger partial charge in [0.05, 0.1) is 0 Å². The van der Waals surface area contributed by atoms with Crippen molar-refractivity contribution in [3.8, 4) is 0 Å². The third kappa shape index (κ3) is 1.85. The number of fused-ring (bicyclic) bond motifs is 1. The molecule has 0 fully saturated rings. The van der Waals surface area contributed by atoms with Crippen molar-refractivity contribution in [3.05, 3.63) is 52.0 Å². The first-order valence-electron chi connectivity index (χ1n) is 5.40. The average Bonchev–Trinajstić information content (AvgIpc) is 2.96. The Morgan fingerprint density at radius 1 is 1.35 bits per heavy atom. The van der Waals surface area contributed by atoms with Crippen LogP contribution in [0.15, 0.2) is 40.1 Å². The monoisotopic (exact) mass is 244 g/mol. The number of benzene rings is 1. The first-order chi connectivity index (χ1) is 8.24. The lowest BCUT2D eigenvalue weighted by Gasteiger charge is -2.02. The molecule has 0 radical (unpaired) electrons. The van der Waals surface area contributed by atoms with Crippen LogP contribution in [-0.2, 0) is 0 Å². The average molecular weight is 244 g/mol. The van der Waals surface area contributed by atoms with Crippen molar-refractivity contribution in [1.82, 2.24) is 4.98 Å². The number of nitrogens with two attached hydrogens (primary N) is 1. The van der Waals surface area contributed by atoms with Crippen LogP contribution in [0.3, 0.4) is 0 Å². The van der Waals surface area contributed by atoms with Gasteiger partial charge in [-0.3, -0.25) is 0 Å². The van der Waals surface area contributed by atoms with Crippen LogP contribution < -0.4 is 5.73 Å². The second-order valence-electron chi connectivity index (χ2n) is 4.02. The summed E-state index contributed by atoms with van der Waals surface area (Å²) in [6.07, 6.45) is 0. The molecule has 3 nitrogen and oxygen atoms in total. The van der Waals surface area contributed by atoms with Crippen molar-refractivity contribution in [1.29, 1.82) is 0 Å². The van der Waals surface area contributed by atoms with Gasteiger partial charge < -0.3 is 10.2 Å². The summed E-state index contributed by atoms with van der Waals surface area (Å²) in [7, 11) is 0. The summed E-state index contributed by atoms with van der Waals surface area (Å²) in [5.41, 5.74) is 8.94. The Kier molecular flexibility index (Phi) is 2.46. The zero-order chi connectivity index (χ0) is 11.8. The number of oxazole rings is 1. The second kappa shape index (κ2) is 3.98. The Morgan fingerprint density at radius 2 is 2.24 bits per heavy atom. The third-order valence-electron chi connectivity index (χ3n) is 2.68. The molecule has 2 heterocycles. The first-order valence-corrected chi connectivity index (χ1v) is 6.28. The van der Waals surface area contributed by atoms with E-state index in [-0.39, 0.29) is 6.04 Å². The topological polar surface area (TPSA) is 52.0 Å². The van der Waals surface area contributed by atoms with Crippen LogP contribution in [0, 0.1) is 6.92 Å². The lowest BCUT2D eigenvalue weighted by atomic mass is 10.2. The minimum atomic E-state index is -0.275. The van der Waals surface area contributed by atoms with Crippen molar-refractivity contribution in [2.45, 2.75) is 13.0 Å². The molecular weight excluding hydrogens is 232 g/mol. The highest BCUT2D eigenvalue weighted by Crippen LogP contribution is 2.26. The molecule has 0 aliphatic rings. The van der Waals surface area contributed by atoms with E-state index in [1.165, 1.54) is 5.56 Å². The van der Waals surface area contributed by atoms with Gasteiger partial charge in [0.2, 0.25) is 5.89 Å². The van der Waals surface area contributed by atoms with Crippen LogP contribution >= 0.6 is 11.3 Å². The van der Waals surface area contributed by atoms with E-state index in [0.29, 0.717) is 5.89 Å². The Bertz CT molecular complexity index is 643. The molecule has 17 heavy (non-hydrogen) atoms. The fourth-order valence-electron chi connectivity index (χ4n) is 1.78. The number of aromatic nitrogens is 1. The second-order valence-corrected chi connectivity index (χ2v) is 5.00. The van der Waals surface area contributed by atoms with Crippen molar-refractivity contribution in [2.75, 3.05) is 0 Å². The largest absolute Gasteiger partial charge is 0.439 e. The van der Waals surface area contributed by atoms with Gasteiger partial charge in [-0.1, -0.05) is 12.1 Å². The van der Waals surface area contributed by atoms with Crippen molar-refractivity contribution >= 4 is 22.4 Å². The summed E-state index contributed by atoms with van der Waals surface area (Å²) in [5, 5.41) is 2.00. The predicted octanol–water partition coefficient (Wildman–Crippen LogP) is 3.25. The molecule has 2 N–H and O–H groups in total. The van der Waals surface area contributed by atoms with Crippen LogP contribution in [0.5, 0.6) is 0 Å². The summed E-state index contributed by atoms with van der Waals surface area (Å²) in [5.74, 6) is 0.577. The maximum absolute atomic E-state index is 6.12. The van der Waals surface area contributed by atoms with Gasteiger partial charge in [0.25, 0.3) is 0 Å². The molecule has 0 aliphatic heterocycles. The van der Waals surface area contributed by atoms with Crippen molar-refractivity contribution < 1.29 is 4.42 Å². The van der Waals surface area contributed by atoms with Gasteiger partial charge in [-0.2, -0.15) is 0 Å². The van der Waals surface area contributed by atoms with Gasteiger partial charge in [0.1, 0.15) is 11.6 Å². The lowest BCUT2D eigenvalue weighted by Crippen LogP contribution is -2.10. The van der Waals surface area contributed by atoms with Gasteiger partial charge in [0.15, 0.2) is 5.58 Å². The predicted molar refractivity (Wildman–Crippen MR) is 69.1 cm³/mol. The van der Waals surface area contributed by atoms with Crippen molar-refractivity contribution in [3.63, 3.8) is 0 Å². The van der Waals surface area contributed by atoms with Crippen LogP contribution in [0.2, 0.25) is 0 Å². The fraction of sp³-hybridized carbons (Fsp3) is 0.154. The molecule has 0 saturated carbocycles. The van der Waals surface area contributed by atoms with E-state index in [2.05, 4.69) is 4.98 Å². The number of aryl methyl sites for hydroxylation is 1. The molecule has 0 spiro atoms. The van der Waals surface area contributed by atoms with Crippen LogP contribution in [0.1, 0.15) is 22.4 Å². The Labute approximate surface area is 103 Å². The zero-order valence-corrected chi connectivity index (χ0v) is 10.2. The quantitative estimate of drug-likeness (QED) is 0.752. The van der Waals surface area contributed by atoms with E-state index in [9.17, 15) is 0 Å². The Hall–Kier alpha value is -1.65. The van der Waals surface area contributed by atoms with Crippen molar-refractivity contribution in [2.24, 2.45) is 5.73 Å². The normalized spacial score (nSPS) is 13.1. The van der Waals surface area contributed by atoms with E-state index >= 15 is 0 Å². The SMILES string of the molecule is Cc1ccc2oc(C(N)c3cccs3)nc2c1. The van der Waals surface area contributed by atoms with Crippen LogP contribution in [0.25, 0.3) is 11.1 Å². The van der Waals surface area contributed by atoms with Crippen LogP contribution in [0.4, 0.5) is 0 Å². The highest BCUT2D eigenvalue weighted by Gasteiger charge is 2.16. The lowest BCUT2D eigenvalue weighted by molar-refractivity contribution is 0.507. The number of hydrogen-bond acceptors (Lipinski definition) is 4. The van der Waals surface area contributed by atoms with Gasteiger partial charge in [-0.25, -0.2) is 4.98 Å². The molecule has 0 amide bonds. The molecule has 3 rings (SSSR count). The Morgan fingerprint density at radius 3 is 3.00 bits per heavy atom. The molecule has 86 valence electrons. The standard InChI is InChI=1S/C13H12N2OS/c1-8-4-5-10-9(7-8)15-13(16-10)12(14)11-3-2-6-17-11/h2-7,12H,14H2,1H3. The maximum Gasteiger partial charge on any atom is 0.217 e. The molecule has 0 aliphatic carbocycles. The molecule has 1 atom stereocenters. The summed E-state index contributed by atoms with van der Waals surface area (Å²) >= 11 is 1.61. The zero-order valence-electron chi connectivity index (χ0n) is 9.38. The number of rotatable bonds is 2. The molecule has 1 aromatic carbocycles. The highest BCUT2D eigenvalue weighted by atomic mass is 32.1. The molecule has 4 heteroatoms. The van der Waals surface area contributed by atoms with E-state index in [1.54, 1.807) is 11.3 Å². The summed E-state index contributed by atoms with van der Waals surface area (Å²) in [6, 6.07) is 9.64. The summed E-state index contributed by atoms with van der Waals surface area (Å²) in [4.78, 5) is 5.51. The van der Waals surface area contributed by atoms with E-state index < -0.39 is 0 Å². The van der Waals surface area contributed by atoms with Crippen LogP contribution in [-0.4, -0.2) is 4.98 Å². The third-order valence-corrected chi connectivity index (χ3v) is 3.63. The molecule has 3 aromatic rings. The molecule has 2 aromatic heterocycles. The number of thiophene rings is 1. The molecule has 0 bridgehead atoms. The van der Waals surface area contributed by atoms with Gasteiger partial charge >= 0.3 is 0 Å². The molecule has 0 saturated heterocycles. The number of nitrogens with zero attached hydrogens (tertiary/aromatic N) is 1. The number of hydrogen-bond donors (Lipinski definition) is 1. The summed E-state index contributed by atoms with van der Waals surface area (Å²) in [6.45, 7) is 2.03. The first kappa shape index (κ1) is 10.5. The Balaban J connectivity index is 2.06. The smallest absolute Gasteiger partial charge is 0.217 e. The fourth-order valence-corrected chi connectivity index (χ4v) is 2.50. The minimum Gasteiger partial charge on any atom is -0.439 e. The van der Waals surface area contributed by atoms with Gasteiger partial charge in [0, 0.05) is 4.88 Å². The summed E-state index contributed by atoms with van der Waals surface area (Å²) < 4.78 is 5.68. The maximum atomic E-state index is 6.12. The highest BCUT2D eigenvalue weighted by molar-refractivity contribution is 7.10. The minimum absolute atomic E-state index is 0.275.